The lowest BCUT2D eigenvalue weighted by molar-refractivity contribution is 0.887. The van der Waals surface area contributed by atoms with Crippen LogP contribution in [0.4, 0.5) is 5.69 Å². The summed E-state index contributed by atoms with van der Waals surface area (Å²) in [4.78, 5) is 4.31. The number of rotatable bonds is 1. The summed E-state index contributed by atoms with van der Waals surface area (Å²) in [6.07, 6.45) is 5.53. The highest BCUT2D eigenvalue weighted by Gasteiger charge is 2.07. The molecule has 3 aromatic rings. The summed E-state index contributed by atoms with van der Waals surface area (Å²) in [5.74, 6) is 0. The SMILES string of the molecule is Nc1ccc(-n2cc(I)cn2)c2cccnc12. The van der Waals surface area contributed by atoms with Crippen molar-refractivity contribution in [3.8, 4) is 5.69 Å². The van der Waals surface area contributed by atoms with Crippen molar-refractivity contribution in [3.05, 3.63) is 46.4 Å². The molecule has 0 aliphatic heterocycles. The molecule has 4 nitrogen and oxygen atoms in total. The van der Waals surface area contributed by atoms with Crippen molar-refractivity contribution in [2.45, 2.75) is 0 Å². The Morgan fingerprint density at radius 2 is 2.12 bits per heavy atom. The summed E-state index contributed by atoms with van der Waals surface area (Å²) in [5, 5.41) is 5.31. The van der Waals surface area contributed by atoms with Gasteiger partial charge in [-0.25, -0.2) is 4.68 Å². The van der Waals surface area contributed by atoms with E-state index in [1.807, 2.05) is 41.3 Å². The summed E-state index contributed by atoms with van der Waals surface area (Å²) in [5.41, 5.74) is 8.41. The molecule has 0 amide bonds. The number of aromatic nitrogens is 3. The van der Waals surface area contributed by atoms with Crippen LogP contribution in [0.2, 0.25) is 0 Å². The Hall–Kier alpha value is -1.63. The molecule has 0 radical (unpaired) electrons. The zero-order chi connectivity index (χ0) is 11.8. The Balaban J connectivity index is 2.34. The number of hydrogen-bond donors (Lipinski definition) is 1. The molecule has 0 aliphatic carbocycles. The van der Waals surface area contributed by atoms with Gasteiger partial charge in [-0.1, -0.05) is 0 Å². The molecule has 5 heteroatoms. The quantitative estimate of drug-likeness (QED) is 0.549. The Labute approximate surface area is 112 Å². The summed E-state index contributed by atoms with van der Waals surface area (Å²) in [6, 6.07) is 7.73. The monoisotopic (exact) mass is 336 g/mol. The van der Waals surface area contributed by atoms with E-state index in [0.29, 0.717) is 5.69 Å². The van der Waals surface area contributed by atoms with E-state index < -0.39 is 0 Å². The molecule has 2 heterocycles. The van der Waals surface area contributed by atoms with E-state index in [4.69, 9.17) is 5.73 Å². The fourth-order valence-corrected chi connectivity index (χ4v) is 2.20. The minimum atomic E-state index is 0.686. The summed E-state index contributed by atoms with van der Waals surface area (Å²) in [6.45, 7) is 0. The molecule has 2 aromatic heterocycles. The first-order chi connectivity index (χ1) is 8.25. The second-order valence-corrected chi connectivity index (χ2v) is 4.92. The molecule has 0 saturated heterocycles. The van der Waals surface area contributed by atoms with Crippen molar-refractivity contribution in [3.63, 3.8) is 0 Å². The number of benzene rings is 1. The topological polar surface area (TPSA) is 56.7 Å². The van der Waals surface area contributed by atoms with E-state index in [1.165, 1.54) is 0 Å². The molecule has 84 valence electrons. The van der Waals surface area contributed by atoms with E-state index in [1.54, 1.807) is 6.20 Å². The number of hydrogen-bond acceptors (Lipinski definition) is 3. The Morgan fingerprint density at radius 1 is 1.24 bits per heavy atom. The van der Waals surface area contributed by atoms with Gasteiger partial charge in [-0.15, -0.1) is 0 Å². The lowest BCUT2D eigenvalue weighted by atomic mass is 10.1. The fourth-order valence-electron chi connectivity index (χ4n) is 1.81. The second kappa shape index (κ2) is 3.99. The highest BCUT2D eigenvalue weighted by Crippen LogP contribution is 2.25. The van der Waals surface area contributed by atoms with Crippen molar-refractivity contribution in [1.82, 2.24) is 14.8 Å². The second-order valence-electron chi connectivity index (χ2n) is 3.68. The molecule has 0 spiro atoms. The van der Waals surface area contributed by atoms with Crippen molar-refractivity contribution in [2.24, 2.45) is 0 Å². The van der Waals surface area contributed by atoms with Crippen LogP contribution in [0.25, 0.3) is 16.6 Å². The number of nitrogens with zero attached hydrogens (tertiary/aromatic N) is 3. The average molecular weight is 336 g/mol. The van der Waals surface area contributed by atoms with E-state index in [-0.39, 0.29) is 0 Å². The van der Waals surface area contributed by atoms with Gasteiger partial charge < -0.3 is 5.73 Å². The first-order valence-electron chi connectivity index (χ1n) is 5.09. The molecule has 3 rings (SSSR count). The van der Waals surface area contributed by atoms with Crippen molar-refractivity contribution < 1.29 is 0 Å². The number of nitrogens with two attached hydrogens (primary N) is 1. The normalized spacial score (nSPS) is 10.9. The molecule has 0 unspecified atom stereocenters. The number of anilines is 1. The first kappa shape index (κ1) is 10.5. The van der Waals surface area contributed by atoms with Gasteiger partial charge in [0.1, 0.15) is 0 Å². The molecule has 0 bridgehead atoms. The van der Waals surface area contributed by atoms with E-state index in [9.17, 15) is 0 Å². The van der Waals surface area contributed by atoms with Crippen LogP contribution >= 0.6 is 22.6 Å². The van der Waals surface area contributed by atoms with Crippen LogP contribution in [0.15, 0.2) is 42.9 Å². The van der Waals surface area contributed by atoms with Crippen LogP contribution < -0.4 is 5.73 Å². The van der Waals surface area contributed by atoms with E-state index >= 15 is 0 Å². The summed E-state index contributed by atoms with van der Waals surface area (Å²) in [7, 11) is 0. The Kier molecular flexibility index (Phi) is 2.47. The Bertz CT molecular complexity index is 690. The molecular weight excluding hydrogens is 327 g/mol. The lowest BCUT2D eigenvalue weighted by Crippen LogP contribution is -1.98. The minimum absolute atomic E-state index is 0.686. The molecule has 0 saturated carbocycles. The Morgan fingerprint density at radius 3 is 2.88 bits per heavy atom. The van der Waals surface area contributed by atoms with Crippen LogP contribution in [-0.4, -0.2) is 14.8 Å². The zero-order valence-electron chi connectivity index (χ0n) is 8.84. The maximum atomic E-state index is 5.91. The van der Waals surface area contributed by atoms with Crippen LogP contribution in [0.3, 0.4) is 0 Å². The van der Waals surface area contributed by atoms with Gasteiger partial charge in [-0.05, 0) is 46.9 Å². The number of nitrogen functional groups attached to an aromatic ring is 1. The van der Waals surface area contributed by atoms with Crippen molar-refractivity contribution in [2.75, 3.05) is 5.73 Å². The summed E-state index contributed by atoms with van der Waals surface area (Å²) >= 11 is 2.23. The largest absolute Gasteiger partial charge is 0.397 e. The maximum absolute atomic E-state index is 5.91. The van der Waals surface area contributed by atoms with Crippen LogP contribution in [0.1, 0.15) is 0 Å². The smallest absolute Gasteiger partial charge is 0.0952 e. The fraction of sp³-hybridized carbons (Fsp3) is 0. The third kappa shape index (κ3) is 1.76. The molecule has 0 aliphatic rings. The zero-order valence-corrected chi connectivity index (χ0v) is 11.0. The third-order valence-corrected chi connectivity index (χ3v) is 3.13. The molecule has 17 heavy (non-hydrogen) atoms. The molecule has 0 fully saturated rings. The average Bonchev–Trinajstić information content (AvgIpc) is 2.77. The minimum Gasteiger partial charge on any atom is -0.397 e. The number of halogens is 1. The van der Waals surface area contributed by atoms with E-state index in [0.717, 1.165) is 20.2 Å². The lowest BCUT2D eigenvalue weighted by Gasteiger charge is -2.07. The van der Waals surface area contributed by atoms with Gasteiger partial charge in [0.05, 0.1) is 26.7 Å². The van der Waals surface area contributed by atoms with Gasteiger partial charge in [-0.3, -0.25) is 4.98 Å². The maximum Gasteiger partial charge on any atom is 0.0952 e. The van der Waals surface area contributed by atoms with Gasteiger partial charge in [0.15, 0.2) is 0 Å². The predicted octanol–water partition coefficient (Wildman–Crippen LogP) is 2.61. The van der Waals surface area contributed by atoms with Crippen molar-refractivity contribution in [1.29, 1.82) is 0 Å². The van der Waals surface area contributed by atoms with Crippen LogP contribution in [0, 0.1) is 3.57 Å². The van der Waals surface area contributed by atoms with Crippen LogP contribution in [0.5, 0.6) is 0 Å². The number of pyridine rings is 1. The standard InChI is InChI=1S/C12H9IN4/c13-8-6-16-17(7-8)11-4-3-10(14)12-9(11)2-1-5-15-12/h1-7H,14H2. The van der Waals surface area contributed by atoms with Crippen molar-refractivity contribution >= 4 is 39.2 Å². The highest BCUT2D eigenvalue weighted by atomic mass is 127. The third-order valence-electron chi connectivity index (χ3n) is 2.58. The molecular formula is C12H9IN4. The number of fused-ring (bicyclic) bond motifs is 1. The molecule has 0 atom stereocenters. The van der Waals surface area contributed by atoms with Crippen LogP contribution in [-0.2, 0) is 0 Å². The van der Waals surface area contributed by atoms with Gasteiger partial charge in [0, 0.05) is 17.8 Å². The molecule has 2 N–H and O–H groups in total. The van der Waals surface area contributed by atoms with Gasteiger partial charge in [0.2, 0.25) is 0 Å². The first-order valence-corrected chi connectivity index (χ1v) is 6.17. The highest BCUT2D eigenvalue weighted by molar-refractivity contribution is 14.1. The molecule has 1 aromatic carbocycles. The van der Waals surface area contributed by atoms with Gasteiger partial charge in [0.25, 0.3) is 0 Å². The van der Waals surface area contributed by atoms with E-state index in [2.05, 4.69) is 32.7 Å². The summed E-state index contributed by atoms with van der Waals surface area (Å²) < 4.78 is 2.93. The predicted molar refractivity (Wildman–Crippen MR) is 76.0 cm³/mol. The van der Waals surface area contributed by atoms with Gasteiger partial charge in [-0.2, -0.15) is 5.10 Å². The van der Waals surface area contributed by atoms with Gasteiger partial charge >= 0.3 is 0 Å².